The highest BCUT2D eigenvalue weighted by Gasteiger charge is 2.49. The van der Waals surface area contributed by atoms with Gasteiger partial charge in [0, 0.05) is 6.54 Å². The molecule has 1 heterocycles. The molecule has 1 aliphatic carbocycles. The smallest absolute Gasteiger partial charge is 0.222 e. The molecule has 0 bridgehead atoms. The monoisotopic (exact) mass is 155 g/mol. The van der Waals surface area contributed by atoms with Gasteiger partial charge in [0.2, 0.25) is 5.91 Å². The number of carbonyl (C=O) groups excluding carboxylic acids is 1. The molecular formula is C7H13N3O. The second kappa shape index (κ2) is 2.19. The van der Waals surface area contributed by atoms with E-state index in [2.05, 4.69) is 10.9 Å². The molecule has 1 amide bonds. The summed E-state index contributed by atoms with van der Waals surface area (Å²) < 4.78 is 0. The quantitative estimate of drug-likeness (QED) is 0.460. The van der Waals surface area contributed by atoms with Crippen molar-refractivity contribution in [2.75, 3.05) is 6.54 Å². The Morgan fingerprint density at radius 2 is 2.36 bits per heavy atom. The fourth-order valence-corrected chi connectivity index (χ4v) is 2.16. The molecule has 0 radical (unpaired) electrons. The van der Waals surface area contributed by atoms with Crippen molar-refractivity contribution in [1.82, 2.24) is 10.9 Å². The number of nitrogens with two attached hydrogens (primary N) is 1. The van der Waals surface area contributed by atoms with Crippen LogP contribution in [-0.2, 0) is 4.79 Å². The lowest BCUT2D eigenvalue weighted by atomic mass is 9.84. The molecule has 4 heteroatoms. The molecule has 2 atom stereocenters. The lowest BCUT2D eigenvalue weighted by molar-refractivity contribution is -0.125. The summed E-state index contributed by atoms with van der Waals surface area (Å²) in [5.74, 6) is -0.111. The molecule has 4 N–H and O–H groups in total. The number of rotatable bonds is 1. The predicted octanol–water partition coefficient (Wildman–Crippen LogP) is -0.882. The highest BCUT2D eigenvalue weighted by Crippen LogP contribution is 2.37. The van der Waals surface area contributed by atoms with E-state index in [0.29, 0.717) is 0 Å². The van der Waals surface area contributed by atoms with Gasteiger partial charge in [-0.05, 0) is 12.8 Å². The molecule has 2 unspecified atom stereocenters. The van der Waals surface area contributed by atoms with Gasteiger partial charge in [0.05, 0.1) is 11.5 Å². The van der Waals surface area contributed by atoms with Crippen LogP contribution in [0.4, 0.5) is 0 Å². The summed E-state index contributed by atoms with van der Waals surface area (Å²) in [6.07, 6.45) is 3.14. The van der Waals surface area contributed by atoms with E-state index in [1.807, 2.05) is 0 Å². The van der Waals surface area contributed by atoms with Gasteiger partial charge in [-0.15, -0.1) is 0 Å². The third-order valence-corrected chi connectivity index (χ3v) is 2.87. The number of nitrogens with one attached hydrogen (secondary N) is 2. The van der Waals surface area contributed by atoms with E-state index in [9.17, 15) is 4.79 Å². The second-order valence-corrected chi connectivity index (χ2v) is 3.48. The molecule has 1 saturated heterocycles. The van der Waals surface area contributed by atoms with Gasteiger partial charge in [-0.25, -0.2) is 5.43 Å². The molecule has 0 aromatic rings. The molecule has 2 aliphatic rings. The average Bonchev–Trinajstić information content (AvgIpc) is 2.27. The van der Waals surface area contributed by atoms with Crippen molar-refractivity contribution in [2.24, 2.45) is 11.7 Å². The molecule has 62 valence electrons. The van der Waals surface area contributed by atoms with Gasteiger partial charge in [-0.3, -0.25) is 10.2 Å². The van der Waals surface area contributed by atoms with Gasteiger partial charge in [0.1, 0.15) is 0 Å². The Bertz CT molecular complexity index is 188. The van der Waals surface area contributed by atoms with E-state index in [4.69, 9.17) is 5.73 Å². The number of hydrogen-bond acceptors (Lipinski definition) is 3. The lowest BCUT2D eigenvalue weighted by Gasteiger charge is -2.44. The van der Waals surface area contributed by atoms with E-state index < -0.39 is 0 Å². The van der Waals surface area contributed by atoms with Crippen molar-refractivity contribution < 1.29 is 4.79 Å². The maximum atomic E-state index is 11.0. The van der Waals surface area contributed by atoms with E-state index in [-0.39, 0.29) is 17.4 Å². The Balaban J connectivity index is 2.13. The van der Waals surface area contributed by atoms with Gasteiger partial charge in [-0.1, -0.05) is 6.42 Å². The highest BCUT2D eigenvalue weighted by molar-refractivity contribution is 5.78. The summed E-state index contributed by atoms with van der Waals surface area (Å²) in [5.41, 5.74) is 11.4. The first-order valence-electron chi connectivity index (χ1n) is 4.04. The van der Waals surface area contributed by atoms with Gasteiger partial charge in [-0.2, -0.15) is 0 Å². The van der Waals surface area contributed by atoms with Gasteiger partial charge in [0.25, 0.3) is 0 Å². The summed E-state index contributed by atoms with van der Waals surface area (Å²) >= 11 is 0. The number of hydrogen-bond donors (Lipinski definition) is 3. The Labute approximate surface area is 65.5 Å². The molecule has 2 rings (SSSR count). The van der Waals surface area contributed by atoms with Gasteiger partial charge < -0.3 is 5.73 Å². The highest BCUT2D eigenvalue weighted by atomic mass is 16.1. The minimum Gasteiger partial charge on any atom is -0.369 e. The van der Waals surface area contributed by atoms with Crippen LogP contribution in [0.2, 0.25) is 0 Å². The number of primary amides is 1. The standard InChI is InChI=1S/C7H13N3O/c8-6(11)5-2-1-3-7(5)4-9-10-7/h5,9-10H,1-4H2,(H2,8,11). The number of amides is 1. The van der Waals surface area contributed by atoms with E-state index in [1.165, 1.54) is 0 Å². The molecule has 11 heavy (non-hydrogen) atoms. The van der Waals surface area contributed by atoms with E-state index >= 15 is 0 Å². The zero-order valence-corrected chi connectivity index (χ0v) is 6.39. The topological polar surface area (TPSA) is 67.2 Å². The Morgan fingerprint density at radius 3 is 2.73 bits per heavy atom. The first-order valence-corrected chi connectivity index (χ1v) is 4.04. The summed E-state index contributed by atoms with van der Waals surface area (Å²) in [6, 6.07) is 0. The molecule has 0 aromatic heterocycles. The third-order valence-electron chi connectivity index (χ3n) is 2.87. The van der Waals surface area contributed by atoms with Crippen molar-refractivity contribution in [1.29, 1.82) is 0 Å². The van der Waals surface area contributed by atoms with Crippen LogP contribution >= 0.6 is 0 Å². The number of hydrazine groups is 1. The van der Waals surface area contributed by atoms with Crippen LogP contribution < -0.4 is 16.6 Å². The third kappa shape index (κ3) is 0.862. The van der Waals surface area contributed by atoms with Crippen LogP contribution in [0.3, 0.4) is 0 Å². The SMILES string of the molecule is NC(=O)C1CCCC12CNN2. The molecule has 0 aromatic carbocycles. The van der Waals surface area contributed by atoms with Crippen LogP contribution in [0.15, 0.2) is 0 Å². The fraction of sp³-hybridized carbons (Fsp3) is 0.857. The van der Waals surface area contributed by atoms with E-state index in [0.717, 1.165) is 25.8 Å². The summed E-state index contributed by atoms with van der Waals surface area (Å²) in [4.78, 5) is 11.0. The molecule has 1 spiro atoms. The molecule has 1 aliphatic heterocycles. The Hall–Kier alpha value is -0.610. The fourth-order valence-electron chi connectivity index (χ4n) is 2.16. The van der Waals surface area contributed by atoms with Crippen LogP contribution in [0.1, 0.15) is 19.3 Å². The van der Waals surface area contributed by atoms with Crippen LogP contribution in [0, 0.1) is 5.92 Å². The molecule has 4 nitrogen and oxygen atoms in total. The number of carbonyl (C=O) groups is 1. The minimum absolute atomic E-state index is 0.0197. The normalized spacial score (nSPS) is 42.4. The van der Waals surface area contributed by atoms with Gasteiger partial charge >= 0.3 is 0 Å². The molecule has 1 saturated carbocycles. The predicted molar refractivity (Wildman–Crippen MR) is 40.4 cm³/mol. The van der Waals surface area contributed by atoms with Gasteiger partial charge in [0.15, 0.2) is 0 Å². The largest absolute Gasteiger partial charge is 0.369 e. The van der Waals surface area contributed by atoms with Crippen molar-refractivity contribution in [3.05, 3.63) is 0 Å². The van der Waals surface area contributed by atoms with Crippen LogP contribution in [0.5, 0.6) is 0 Å². The van der Waals surface area contributed by atoms with E-state index in [1.54, 1.807) is 0 Å². The zero-order valence-electron chi connectivity index (χ0n) is 6.39. The van der Waals surface area contributed by atoms with Crippen molar-refractivity contribution in [3.63, 3.8) is 0 Å². The maximum absolute atomic E-state index is 11.0. The molecule has 2 fully saturated rings. The summed E-state index contributed by atoms with van der Waals surface area (Å²) in [5, 5.41) is 0. The van der Waals surface area contributed by atoms with Crippen LogP contribution in [0.25, 0.3) is 0 Å². The summed E-state index contributed by atoms with van der Waals surface area (Å²) in [7, 11) is 0. The average molecular weight is 155 g/mol. The van der Waals surface area contributed by atoms with Crippen LogP contribution in [-0.4, -0.2) is 18.0 Å². The van der Waals surface area contributed by atoms with Crippen molar-refractivity contribution in [2.45, 2.75) is 24.8 Å². The van der Waals surface area contributed by atoms with Crippen molar-refractivity contribution >= 4 is 5.91 Å². The minimum atomic E-state index is -0.156. The second-order valence-electron chi connectivity index (χ2n) is 3.48. The lowest BCUT2D eigenvalue weighted by Crippen LogP contribution is -2.73. The Morgan fingerprint density at radius 1 is 1.64 bits per heavy atom. The zero-order chi connectivity index (χ0) is 7.90. The maximum Gasteiger partial charge on any atom is 0.222 e. The summed E-state index contributed by atoms with van der Waals surface area (Å²) in [6.45, 7) is 0.889. The first-order chi connectivity index (χ1) is 5.25. The Kier molecular flexibility index (Phi) is 1.40. The first kappa shape index (κ1) is 7.06. The van der Waals surface area contributed by atoms with Crippen molar-refractivity contribution in [3.8, 4) is 0 Å². The molecular weight excluding hydrogens is 142 g/mol.